The Hall–Kier alpha value is -2.54. The number of carbonyl (C=O) groups is 2. The lowest BCUT2D eigenvalue weighted by Gasteiger charge is -2.34. The van der Waals surface area contributed by atoms with E-state index < -0.39 is 0 Å². The molecule has 0 unspecified atom stereocenters. The number of anilines is 1. The molecule has 2 aromatic rings. The minimum atomic E-state index is -0.175. The molecule has 1 N–H and O–H groups in total. The molecule has 2 heterocycles. The maximum Gasteiger partial charge on any atom is 0.321 e. The second-order valence-electron chi connectivity index (χ2n) is 7.21. The number of aromatic nitrogens is 2. The molecule has 0 radical (unpaired) electrons. The molecule has 0 atom stereocenters. The smallest absolute Gasteiger partial charge is 0.321 e. The van der Waals surface area contributed by atoms with Crippen LogP contribution in [0, 0.1) is 20.8 Å². The van der Waals surface area contributed by atoms with Gasteiger partial charge in [-0.2, -0.15) is 5.10 Å². The van der Waals surface area contributed by atoms with Gasteiger partial charge in [-0.3, -0.25) is 9.48 Å². The van der Waals surface area contributed by atoms with Gasteiger partial charge in [0.05, 0.1) is 12.1 Å². The normalized spacial score (nSPS) is 14.3. The van der Waals surface area contributed by atoms with Gasteiger partial charge in [-0.1, -0.05) is 17.7 Å². The number of urea groups is 1. The third-order valence-corrected chi connectivity index (χ3v) is 5.74. The second-order valence-corrected chi connectivity index (χ2v) is 7.62. The van der Waals surface area contributed by atoms with Gasteiger partial charge in [-0.05, 0) is 38.5 Å². The number of rotatable bonds is 3. The number of amides is 3. The average Bonchev–Trinajstić information content (AvgIpc) is 2.91. The van der Waals surface area contributed by atoms with Gasteiger partial charge in [0.15, 0.2) is 0 Å². The molecule has 7 nitrogen and oxygen atoms in total. The van der Waals surface area contributed by atoms with Crippen LogP contribution in [-0.2, 0) is 18.3 Å². The molecular weight excluding hydrogens is 378 g/mol. The van der Waals surface area contributed by atoms with Crippen LogP contribution < -0.4 is 5.32 Å². The topological polar surface area (TPSA) is 70.5 Å². The molecule has 1 saturated heterocycles. The molecule has 3 amide bonds. The Morgan fingerprint density at radius 2 is 1.75 bits per heavy atom. The fourth-order valence-corrected chi connectivity index (χ4v) is 3.55. The van der Waals surface area contributed by atoms with Crippen molar-refractivity contribution in [2.24, 2.45) is 7.05 Å². The minimum Gasteiger partial charge on any atom is -0.339 e. The van der Waals surface area contributed by atoms with Crippen LogP contribution in [0.3, 0.4) is 0 Å². The van der Waals surface area contributed by atoms with Gasteiger partial charge >= 0.3 is 6.03 Å². The zero-order valence-corrected chi connectivity index (χ0v) is 17.5. The zero-order valence-electron chi connectivity index (χ0n) is 16.8. The van der Waals surface area contributed by atoms with Crippen LogP contribution in [0.4, 0.5) is 10.5 Å². The molecule has 0 bridgehead atoms. The number of nitrogens with one attached hydrogen (secondary N) is 1. The third-order valence-electron chi connectivity index (χ3n) is 5.33. The predicted molar refractivity (Wildman–Crippen MR) is 110 cm³/mol. The summed E-state index contributed by atoms with van der Waals surface area (Å²) >= 11 is 6.11. The quantitative estimate of drug-likeness (QED) is 0.856. The summed E-state index contributed by atoms with van der Waals surface area (Å²) in [7, 11) is 1.88. The summed E-state index contributed by atoms with van der Waals surface area (Å²) in [6.45, 7) is 7.87. The number of halogens is 1. The molecule has 150 valence electrons. The molecule has 1 aliphatic rings. The van der Waals surface area contributed by atoms with Crippen LogP contribution in [0.25, 0.3) is 0 Å². The van der Waals surface area contributed by atoms with Crippen molar-refractivity contribution in [3.63, 3.8) is 0 Å². The molecular formula is C20H26ClN5O2. The highest BCUT2D eigenvalue weighted by Crippen LogP contribution is 2.20. The van der Waals surface area contributed by atoms with E-state index in [9.17, 15) is 9.59 Å². The zero-order chi connectivity index (χ0) is 20.4. The third kappa shape index (κ3) is 4.30. The van der Waals surface area contributed by atoms with Crippen molar-refractivity contribution in [1.82, 2.24) is 19.6 Å². The number of piperazine rings is 1. The number of aryl methyl sites for hydroxylation is 3. The van der Waals surface area contributed by atoms with Crippen LogP contribution in [0.15, 0.2) is 18.2 Å². The molecule has 1 aromatic carbocycles. The lowest BCUT2D eigenvalue weighted by molar-refractivity contribution is -0.131. The second kappa shape index (κ2) is 8.22. The summed E-state index contributed by atoms with van der Waals surface area (Å²) in [5, 5.41) is 7.86. The van der Waals surface area contributed by atoms with Gasteiger partial charge in [0.1, 0.15) is 0 Å². The SMILES string of the molecule is Cc1ccc(NC(=O)N2CCN(C(=O)Cc3c(C)nn(C)c3C)CC2)cc1Cl. The van der Waals surface area contributed by atoms with Gasteiger partial charge in [0.25, 0.3) is 0 Å². The van der Waals surface area contributed by atoms with E-state index in [-0.39, 0.29) is 11.9 Å². The molecule has 1 aromatic heterocycles. The van der Waals surface area contributed by atoms with Gasteiger partial charge in [0.2, 0.25) is 5.91 Å². The van der Waals surface area contributed by atoms with Crippen LogP contribution in [0.1, 0.15) is 22.5 Å². The summed E-state index contributed by atoms with van der Waals surface area (Å²) in [5.74, 6) is 0.0737. The van der Waals surface area contributed by atoms with E-state index in [1.165, 1.54) is 0 Å². The Morgan fingerprint density at radius 3 is 2.32 bits per heavy atom. The van der Waals surface area contributed by atoms with Crippen molar-refractivity contribution in [2.45, 2.75) is 27.2 Å². The lowest BCUT2D eigenvalue weighted by atomic mass is 10.1. The van der Waals surface area contributed by atoms with E-state index in [0.29, 0.717) is 43.3 Å². The van der Waals surface area contributed by atoms with Gasteiger partial charge in [-0.25, -0.2) is 4.79 Å². The van der Waals surface area contributed by atoms with Crippen molar-refractivity contribution in [3.05, 3.63) is 45.7 Å². The average molecular weight is 404 g/mol. The van der Waals surface area contributed by atoms with Crippen LogP contribution in [-0.4, -0.2) is 57.7 Å². The Labute approximate surface area is 170 Å². The van der Waals surface area contributed by atoms with Crippen molar-refractivity contribution >= 4 is 29.2 Å². The van der Waals surface area contributed by atoms with E-state index in [4.69, 9.17) is 11.6 Å². The Balaban J connectivity index is 1.54. The Bertz CT molecular complexity index is 900. The molecule has 1 fully saturated rings. The first-order valence-electron chi connectivity index (χ1n) is 9.35. The van der Waals surface area contributed by atoms with Crippen LogP contribution >= 0.6 is 11.6 Å². The maximum atomic E-state index is 12.7. The summed E-state index contributed by atoms with van der Waals surface area (Å²) in [5.41, 5.74) is 4.53. The first kappa shape index (κ1) is 20.2. The molecule has 0 aliphatic carbocycles. The van der Waals surface area contributed by atoms with Crippen LogP contribution in [0.5, 0.6) is 0 Å². The highest BCUT2D eigenvalue weighted by molar-refractivity contribution is 6.31. The predicted octanol–water partition coefficient (Wildman–Crippen LogP) is 2.92. The minimum absolute atomic E-state index is 0.0737. The molecule has 0 spiro atoms. The highest BCUT2D eigenvalue weighted by Gasteiger charge is 2.25. The summed E-state index contributed by atoms with van der Waals surface area (Å²) < 4.78 is 1.80. The molecule has 1 aliphatic heterocycles. The fourth-order valence-electron chi connectivity index (χ4n) is 3.37. The van der Waals surface area contributed by atoms with Gasteiger partial charge in [-0.15, -0.1) is 0 Å². The molecule has 8 heteroatoms. The fraction of sp³-hybridized carbons (Fsp3) is 0.450. The Morgan fingerprint density at radius 1 is 1.11 bits per heavy atom. The Kier molecular flexibility index (Phi) is 5.93. The number of hydrogen-bond acceptors (Lipinski definition) is 3. The highest BCUT2D eigenvalue weighted by atomic mass is 35.5. The van der Waals surface area contributed by atoms with Gasteiger partial charge < -0.3 is 15.1 Å². The van der Waals surface area contributed by atoms with Gasteiger partial charge in [0, 0.05) is 55.2 Å². The van der Waals surface area contributed by atoms with Crippen LogP contribution in [0.2, 0.25) is 5.02 Å². The first-order valence-corrected chi connectivity index (χ1v) is 9.73. The van der Waals surface area contributed by atoms with Crippen molar-refractivity contribution in [3.8, 4) is 0 Å². The largest absolute Gasteiger partial charge is 0.339 e. The van der Waals surface area contributed by atoms with Crippen molar-refractivity contribution in [1.29, 1.82) is 0 Å². The number of carbonyl (C=O) groups excluding carboxylic acids is 2. The maximum absolute atomic E-state index is 12.7. The van der Waals surface area contributed by atoms with E-state index in [0.717, 1.165) is 22.5 Å². The molecule has 28 heavy (non-hydrogen) atoms. The summed E-state index contributed by atoms with van der Waals surface area (Å²) in [6.07, 6.45) is 0.347. The van der Waals surface area contributed by atoms with E-state index in [2.05, 4.69) is 10.4 Å². The van der Waals surface area contributed by atoms with Crippen molar-refractivity contribution in [2.75, 3.05) is 31.5 Å². The number of nitrogens with zero attached hydrogens (tertiary/aromatic N) is 4. The molecule has 3 rings (SSSR count). The first-order chi connectivity index (χ1) is 13.3. The van der Waals surface area contributed by atoms with E-state index in [1.807, 2.05) is 44.9 Å². The van der Waals surface area contributed by atoms with Crippen molar-refractivity contribution < 1.29 is 9.59 Å². The summed E-state index contributed by atoms with van der Waals surface area (Å²) in [6, 6.07) is 5.27. The summed E-state index contributed by atoms with van der Waals surface area (Å²) in [4.78, 5) is 28.7. The monoisotopic (exact) mass is 403 g/mol. The molecule has 0 saturated carbocycles. The number of hydrogen-bond donors (Lipinski definition) is 1. The number of benzene rings is 1. The van der Waals surface area contributed by atoms with E-state index in [1.54, 1.807) is 15.6 Å². The van der Waals surface area contributed by atoms with E-state index >= 15 is 0 Å². The lowest BCUT2D eigenvalue weighted by Crippen LogP contribution is -2.52. The standard InChI is InChI=1S/C20H26ClN5O2/c1-13-5-6-16(11-18(13)21)22-20(28)26-9-7-25(8-10-26)19(27)12-17-14(2)23-24(4)15(17)3/h5-6,11H,7-10,12H2,1-4H3,(H,22,28).